The molecule has 2 N–H and O–H groups in total. The zero-order chi connectivity index (χ0) is 11.4. The predicted octanol–water partition coefficient (Wildman–Crippen LogP) is 1.97. The summed E-state index contributed by atoms with van der Waals surface area (Å²) in [5.41, 5.74) is 5.92. The normalized spacial score (nSPS) is 10.9. The van der Waals surface area contributed by atoms with Crippen molar-refractivity contribution in [3.63, 3.8) is 0 Å². The largest absolute Gasteiger partial charge is 0.365 e. The summed E-state index contributed by atoms with van der Waals surface area (Å²) in [7, 11) is 3.58. The molecule has 0 saturated heterocycles. The van der Waals surface area contributed by atoms with E-state index in [4.69, 9.17) is 5.73 Å². The van der Waals surface area contributed by atoms with Crippen LogP contribution in [-0.2, 0) is 6.42 Å². The standard InChI is InChI=1S/C9H14N4OS/c1-4-7-6(11-12-13(2)3)5-8(15-7)9(10)14/h5H,4H2,1-3H3,(H2,10,14). The van der Waals surface area contributed by atoms with E-state index < -0.39 is 5.91 Å². The number of nitrogens with zero attached hydrogens (tertiary/aromatic N) is 3. The number of hydrogen-bond donors (Lipinski definition) is 1. The van der Waals surface area contributed by atoms with E-state index in [-0.39, 0.29) is 0 Å². The molecule has 1 rings (SSSR count). The number of carbonyl (C=O) groups excluding carboxylic acids is 1. The molecule has 0 saturated carbocycles. The third-order valence-corrected chi connectivity index (χ3v) is 2.97. The molecule has 6 heteroatoms. The smallest absolute Gasteiger partial charge is 0.258 e. The molecular weight excluding hydrogens is 212 g/mol. The van der Waals surface area contributed by atoms with E-state index in [2.05, 4.69) is 10.3 Å². The Bertz CT molecular complexity index is 383. The second kappa shape index (κ2) is 4.88. The molecule has 15 heavy (non-hydrogen) atoms. The van der Waals surface area contributed by atoms with Crippen LogP contribution in [0.1, 0.15) is 21.5 Å². The van der Waals surface area contributed by atoms with Gasteiger partial charge in [0.2, 0.25) is 0 Å². The second-order valence-electron chi connectivity index (χ2n) is 3.17. The number of thiophene rings is 1. The molecule has 0 aliphatic carbocycles. The first-order valence-electron chi connectivity index (χ1n) is 4.56. The van der Waals surface area contributed by atoms with Gasteiger partial charge in [-0.05, 0) is 12.5 Å². The predicted molar refractivity (Wildman–Crippen MR) is 60.4 cm³/mol. The fourth-order valence-electron chi connectivity index (χ4n) is 1.02. The lowest BCUT2D eigenvalue weighted by Gasteiger charge is -1.99. The molecule has 1 aromatic rings. The molecule has 82 valence electrons. The van der Waals surface area contributed by atoms with Gasteiger partial charge < -0.3 is 5.73 Å². The van der Waals surface area contributed by atoms with Gasteiger partial charge in [0.1, 0.15) is 5.69 Å². The Morgan fingerprint density at radius 2 is 2.27 bits per heavy atom. The van der Waals surface area contributed by atoms with Crippen LogP contribution >= 0.6 is 11.3 Å². The molecule has 0 fully saturated rings. The van der Waals surface area contributed by atoms with Crippen molar-refractivity contribution >= 4 is 22.9 Å². The van der Waals surface area contributed by atoms with E-state index in [1.807, 2.05) is 6.92 Å². The Hall–Kier alpha value is -1.43. The summed E-state index contributed by atoms with van der Waals surface area (Å²) in [5.74, 6) is -0.416. The van der Waals surface area contributed by atoms with Gasteiger partial charge in [-0.1, -0.05) is 12.1 Å². The van der Waals surface area contributed by atoms with Crippen LogP contribution in [0.25, 0.3) is 0 Å². The molecule has 0 atom stereocenters. The van der Waals surface area contributed by atoms with Gasteiger partial charge in [0, 0.05) is 19.0 Å². The number of nitrogens with two attached hydrogens (primary N) is 1. The van der Waals surface area contributed by atoms with Gasteiger partial charge in [-0.2, -0.15) is 0 Å². The fraction of sp³-hybridized carbons (Fsp3) is 0.444. The highest BCUT2D eigenvalue weighted by Crippen LogP contribution is 2.30. The number of rotatable bonds is 4. The van der Waals surface area contributed by atoms with Crippen molar-refractivity contribution in [1.29, 1.82) is 0 Å². The van der Waals surface area contributed by atoms with Gasteiger partial charge in [0.25, 0.3) is 5.91 Å². The monoisotopic (exact) mass is 226 g/mol. The highest BCUT2D eigenvalue weighted by Gasteiger charge is 2.10. The first kappa shape index (κ1) is 11.6. The summed E-state index contributed by atoms with van der Waals surface area (Å²) in [6, 6.07) is 1.68. The molecular formula is C9H14N4OS. The van der Waals surface area contributed by atoms with Crippen LogP contribution in [-0.4, -0.2) is 25.0 Å². The molecule has 0 bridgehead atoms. The van der Waals surface area contributed by atoms with Gasteiger partial charge in [0.05, 0.1) is 4.88 Å². The lowest BCUT2D eigenvalue weighted by atomic mass is 10.3. The lowest BCUT2D eigenvalue weighted by molar-refractivity contribution is 0.100. The summed E-state index contributed by atoms with van der Waals surface area (Å²) in [6.07, 6.45) is 0.819. The topological polar surface area (TPSA) is 71.0 Å². The van der Waals surface area contributed by atoms with Crippen LogP contribution in [0.2, 0.25) is 0 Å². The highest BCUT2D eigenvalue weighted by molar-refractivity contribution is 7.14. The lowest BCUT2D eigenvalue weighted by Crippen LogP contribution is -2.08. The third-order valence-electron chi connectivity index (χ3n) is 1.68. The van der Waals surface area contributed by atoms with E-state index in [9.17, 15) is 4.79 Å². The number of aryl methyl sites for hydroxylation is 1. The minimum Gasteiger partial charge on any atom is -0.365 e. The van der Waals surface area contributed by atoms with Crippen LogP contribution in [0.15, 0.2) is 16.4 Å². The van der Waals surface area contributed by atoms with Crippen molar-refractivity contribution in [2.24, 2.45) is 16.1 Å². The number of primary amides is 1. The molecule has 1 heterocycles. The van der Waals surface area contributed by atoms with Crippen LogP contribution in [0.5, 0.6) is 0 Å². The van der Waals surface area contributed by atoms with Gasteiger partial charge in [-0.3, -0.25) is 9.80 Å². The minimum absolute atomic E-state index is 0.416. The maximum Gasteiger partial charge on any atom is 0.258 e. The van der Waals surface area contributed by atoms with Crippen molar-refractivity contribution in [2.45, 2.75) is 13.3 Å². The van der Waals surface area contributed by atoms with Crippen molar-refractivity contribution in [1.82, 2.24) is 5.01 Å². The second-order valence-corrected chi connectivity index (χ2v) is 4.31. The Morgan fingerprint density at radius 1 is 1.60 bits per heavy atom. The van der Waals surface area contributed by atoms with Crippen LogP contribution in [0.4, 0.5) is 5.69 Å². The summed E-state index contributed by atoms with van der Waals surface area (Å²) in [6.45, 7) is 2.01. The van der Waals surface area contributed by atoms with Crippen molar-refractivity contribution in [3.05, 3.63) is 15.8 Å². The van der Waals surface area contributed by atoms with E-state index in [0.29, 0.717) is 4.88 Å². The molecule has 0 aromatic carbocycles. The fourth-order valence-corrected chi connectivity index (χ4v) is 1.90. The SMILES string of the molecule is CCc1sc(C(N)=O)cc1N=NN(C)C. The maximum atomic E-state index is 11.0. The van der Waals surface area contributed by atoms with Crippen molar-refractivity contribution in [3.8, 4) is 0 Å². The average molecular weight is 226 g/mol. The molecule has 0 spiro atoms. The molecule has 0 unspecified atom stereocenters. The minimum atomic E-state index is -0.416. The molecule has 5 nitrogen and oxygen atoms in total. The Kier molecular flexibility index (Phi) is 3.79. The van der Waals surface area contributed by atoms with Gasteiger partial charge in [-0.25, -0.2) is 0 Å². The number of carbonyl (C=O) groups is 1. The van der Waals surface area contributed by atoms with Gasteiger partial charge in [0.15, 0.2) is 0 Å². The van der Waals surface area contributed by atoms with Gasteiger partial charge in [-0.15, -0.1) is 16.5 Å². The Labute approximate surface area is 92.6 Å². The number of hydrogen-bond acceptors (Lipinski definition) is 4. The first-order valence-corrected chi connectivity index (χ1v) is 5.37. The summed E-state index contributed by atoms with van der Waals surface area (Å²) in [5, 5.41) is 9.52. The molecule has 0 aliphatic rings. The quantitative estimate of drug-likeness (QED) is 0.629. The Morgan fingerprint density at radius 3 is 2.73 bits per heavy atom. The third kappa shape index (κ3) is 3.02. The van der Waals surface area contributed by atoms with Gasteiger partial charge >= 0.3 is 0 Å². The molecule has 1 aromatic heterocycles. The van der Waals surface area contributed by atoms with E-state index in [0.717, 1.165) is 17.0 Å². The maximum absolute atomic E-state index is 11.0. The number of amides is 1. The first-order chi connectivity index (χ1) is 7.04. The Balaban J connectivity index is 3.00. The average Bonchev–Trinajstić information content (AvgIpc) is 2.57. The zero-order valence-corrected chi connectivity index (χ0v) is 9.84. The highest BCUT2D eigenvalue weighted by atomic mass is 32.1. The zero-order valence-electron chi connectivity index (χ0n) is 9.02. The summed E-state index contributed by atoms with van der Waals surface area (Å²) >= 11 is 1.37. The molecule has 0 aliphatic heterocycles. The molecule has 0 radical (unpaired) electrons. The van der Waals surface area contributed by atoms with Crippen LogP contribution in [0.3, 0.4) is 0 Å². The van der Waals surface area contributed by atoms with Crippen molar-refractivity contribution < 1.29 is 4.79 Å². The van der Waals surface area contributed by atoms with E-state index in [1.54, 1.807) is 25.2 Å². The van der Waals surface area contributed by atoms with Crippen LogP contribution < -0.4 is 5.73 Å². The summed E-state index contributed by atoms with van der Waals surface area (Å²) < 4.78 is 0. The van der Waals surface area contributed by atoms with E-state index >= 15 is 0 Å². The molecule has 1 amide bonds. The van der Waals surface area contributed by atoms with Crippen molar-refractivity contribution in [2.75, 3.05) is 14.1 Å². The summed E-state index contributed by atoms with van der Waals surface area (Å²) in [4.78, 5) is 12.5. The van der Waals surface area contributed by atoms with E-state index in [1.165, 1.54) is 11.3 Å². The van der Waals surface area contributed by atoms with Crippen LogP contribution in [0, 0.1) is 0 Å².